The lowest BCUT2D eigenvalue weighted by Crippen LogP contribution is -2.41. The molecule has 1 amide bonds. The van der Waals surface area contributed by atoms with Crippen molar-refractivity contribution in [1.82, 2.24) is 10.2 Å². The zero-order chi connectivity index (χ0) is 15.1. The Morgan fingerprint density at radius 1 is 1.33 bits per heavy atom. The number of benzene rings is 1. The molecular weight excluding hydrogens is 264 g/mol. The van der Waals surface area contributed by atoms with Crippen LogP contribution in [0.15, 0.2) is 24.3 Å². The van der Waals surface area contributed by atoms with Crippen LogP contribution in [-0.4, -0.2) is 37.6 Å². The zero-order valence-corrected chi connectivity index (χ0v) is 13.1. The van der Waals surface area contributed by atoms with Gasteiger partial charge in [-0.1, -0.05) is 25.1 Å². The summed E-state index contributed by atoms with van der Waals surface area (Å²) in [6.07, 6.45) is 3.89. The summed E-state index contributed by atoms with van der Waals surface area (Å²) in [7, 11) is 1.70. The highest BCUT2D eigenvalue weighted by atomic mass is 16.5. The number of ether oxygens (including phenoxy) is 1. The topological polar surface area (TPSA) is 41.6 Å². The Balaban J connectivity index is 2.15. The minimum Gasteiger partial charge on any atom is -0.496 e. The molecule has 0 saturated carbocycles. The van der Waals surface area contributed by atoms with Crippen molar-refractivity contribution in [3.05, 3.63) is 29.8 Å². The number of para-hydroxylation sites is 1. The molecule has 1 atom stereocenters. The van der Waals surface area contributed by atoms with Gasteiger partial charge in [0.15, 0.2) is 0 Å². The van der Waals surface area contributed by atoms with E-state index in [1.54, 1.807) is 7.11 Å². The number of piperidine rings is 1. The van der Waals surface area contributed by atoms with E-state index in [9.17, 15) is 4.79 Å². The van der Waals surface area contributed by atoms with Crippen LogP contribution in [0.5, 0.6) is 5.75 Å². The molecule has 1 aliphatic rings. The summed E-state index contributed by atoms with van der Waals surface area (Å²) in [5.74, 6) is 1.16. The second-order valence-corrected chi connectivity index (χ2v) is 5.55. The van der Waals surface area contributed by atoms with Crippen LogP contribution in [0.2, 0.25) is 0 Å². The van der Waals surface area contributed by atoms with Gasteiger partial charge in [-0.15, -0.1) is 0 Å². The summed E-state index contributed by atoms with van der Waals surface area (Å²) < 4.78 is 5.48. The smallest absolute Gasteiger partial charge is 0.222 e. The molecule has 1 aromatic rings. The summed E-state index contributed by atoms with van der Waals surface area (Å²) >= 11 is 0. The van der Waals surface area contributed by atoms with Crippen LogP contribution >= 0.6 is 0 Å². The largest absolute Gasteiger partial charge is 0.496 e. The highest BCUT2D eigenvalue weighted by Crippen LogP contribution is 2.26. The monoisotopic (exact) mass is 290 g/mol. The molecule has 116 valence electrons. The van der Waals surface area contributed by atoms with Gasteiger partial charge in [-0.25, -0.2) is 0 Å². The third-order valence-electron chi connectivity index (χ3n) is 3.98. The van der Waals surface area contributed by atoms with E-state index in [-0.39, 0.29) is 11.9 Å². The molecule has 4 heteroatoms. The zero-order valence-electron chi connectivity index (χ0n) is 13.1. The van der Waals surface area contributed by atoms with Gasteiger partial charge in [-0.05, 0) is 31.9 Å². The van der Waals surface area contributed by atoms with Gasteiger partial charge >= 0.3 is 0 Å². The molecular formula is C17H26N2O2. The van der Waals surface area contributed by atoms with Gasteiger partial charge in [-0.3, -0.25) is 4.79 Å². The second kappa shape index (κ2) is 8.03. The molecule has 1 fully saturated rings. The van der Waals surface area contributed by atoms with Crippen LogP contribution < -0.4 is 10.1 Å². The van der Waals surface area contributed by atoms with Crippen molar-refractivity contribution in [3.8, 4) is 5.75 Å². The number of nitrogens with zero attached hydrogens (tertiary/aromatic N) is 1. The number of rotatable bonds is 7. The van der Waals surface area contributed by atoms with Crippen molar-refractivity contribution in [2.45, 2.75) is 38.6 Å². The quantitative estimate of drug-likeness (QED) is 0.839. The van der Waals surface area contributed by atoms with E-state index in [1.807, 2.05) is 23.1 Å². The third kappa shape index (κ3) is 4.21. The number of carbonyl (C=O) groups excluding carboxylic acids is 1. The molecule has 1 N–H and O–H groups in total. The van der Waals surface area contributed by atoms with Gasteiger partial charge in [0.25, 0.3) is 0 Å². The molecule has 1 aliphatic heterocycles. The highest BCUT2D eigenvalue weighted by molar-refractivity contribution is 5.76. The van der Waals surface area contributed by atoms with Gasteiger partial charge in [0.2, 0.25) is 5.91 Å². The minimum absolute atomic E-state index is 0.128. The predicted molar refractivity (Wildman–Crippen MR) is 84.5 cm³/mol. The Bertz CT molecular complexity index is 462. The van der Waals surface area contributed by atoms with Crippen LogP contribution in [0, 0.1) is 0 Å². The van der Waals surface area contributed by atoms with Crippen LogP contribution in [0.4, 0.5) is 0 Å². The molecule has 0 aliphatic carbocycles. The molecule has 1 aromatic carbocycles. The molecule has 1 saturated heterocycles. The van der Waals surface area contributed by atoms with Crippen molar-refractivity contribution >= 4 is 5.91 Å². The van der Waals surface area contributed by atoms with Crippen molar-refractivity contribution < 1.29 is 9.53 Å². The Morgan fingerprint density at radius 3 is 2.86 bits per heavy atom. The van der Waals surface area contributed by atoms with Gasteiger partial charge in [-0.2, -0.15) is 0 Å². The Kier molecular flexibility index (Phi) is 6.05. The average Bonchev–Trinajstić information content (AvgIpc) is 2.53. The van der Waals surface area contributed by atoms with Crippen LogP contribution in [0.3, 0.4) is 0 Å². The molecule has 0 spiro atoms. The SMILES string of the molecule is CCCNC(CN1CCCCC1=O)c1ccccc1OC. The third-order valence-corrected chi connectivity index (χ3v) is 3.98. The number of likely N-dealkylation sites (tertiary alicyclic amines) is 1. The van der Waals surface area contributed by atoms with Crippen molar-refractivity contribution in [2.75, 3.05) is 26.7 Å². The summed E-state index contributed by atoms with van der Waals surface area (Å²) in [5, 5.41) is 3.55. The summed E-state index contributed by atoms with van der Waals surface area (Å²) in [6, 6.07) is 8.19. The molecule has 0 aromatic heterocycles. The Morgan fingerprint density at radius 2 is 2.14 bits per heavy atom. The molecule has 1 heterocycles. The van der Waals surface area contributed by atoms with Crippen LogP contribution in [0.25, 0.3) is 0 Å². The first-order chi connectivity index (χ1) is 10.3. The minimum atomic E-state index is 0.128. The summed E-state index contributed by atoms with van der Waals surface area (Å²) in [6.45, 7) is 4.68. The fourth-order valence-corrected chi connectivity index (χ4v) is 2.82. The summed E-state index contributed by atoms with van der Waals surface area (Å²) in [4.78, 5) is 14.0. The van der Waals surface area contributed by atoms with Gasteiger partial charge in [0.1, 0.15) is 5.75 Å². The van der Waals surface area contributed by atoms with Crippen molar-refractivity contribution in [2.24, 2.45) is 0 Å². The number of carbonyl (C=O) groups is 1. The first kappa shape index (κ1) is 15.8. The lowest BCUT2D eigenvalue weighted by atomic mass is 10.0. The number of hydrogen-bond acceptors (Lipinski definition) is 3. The maximum atomic E-state index is 12.1. The van der Waals surface area contributed by atoms with Gasteiger partial charge < -0.3 is 15.0 Å². The Hall–Kier alpha value is -1.55. The van der Waals surface area contributed by atoms with Gasteiger partial charge in [0.05, 0.1) is 13.2 Å². The second-order valence-electron chi connectivity index (χ2n) is 5.55. The van der Waals surface area contributed by atoms with E-state index in [0.29, 0.717) is 6.42 Å². The normalized spacial score (nSPS) is 16.9. The van der Waals surface area contributed by atoms with E-state index in [2.05, 4.69) is 18.3 Å². The molecule has 0 bridgehead atoms. The first-order valence-corrected chi connectivity index (χ1v) is 7.90. The summed E-state index contributed by atoms with van der Waals surface area (Å²) in [5.41, 5.74) is 1.13. The lowest BCUT2D eigenvalue weighted by molar-refractivity contribution is -0.133. The number of hydrogen-bond donors (Lipinski definition) is 1. The maximum absolute atomic E-state index is 12.1. The molecule has 21 heavy (non-hydrogen) atoms. The number of amides is 1. The molecule has 1 unspecified atom stereocenters. The molecule has 4 nitrogen and oxygen atoms in total. The van der Waals surface area contributed by atoms with E-state index < -0.39 is 0 Å². The predicted octanol–water partition coefficient (Wildman–Crippen LogP) is 2.75. The van der Waals surface area contributed by atoms with Crippen LogP contribution in [0.1, 0.15) is 44.2 Å². The van der Waals surface area contributed by atoms with E-state index in [0.717, 1.165) is 50.2 Å². The van der Waals surface area contributed by atoms with Gasteiger partial charge in [0, 0.05) is 25.1 Å². The van der Waals surface area contributed by atoms with Crippen molar-refractivity contribution in [1.29, 1.82) is 0 Å². The Labute approximate surface area is 127 Å². The number of methoxy groups -OCH3 is 1. The average molecular weight is 290 g/mol. The highest BCUT2D eigenvalue weighted by Gasteiger charge is 2.23. The molecule has 0 radical (unpaired) electrons. The van der Waals surface area contributed by atoms with E-state index >= 15 is 0 Å². The number of nitrogens with one attached hydrogen (secondary N) is 1. The fourth-order valence-electron chi connectivity index (χ4n) is 2.82. The maximum Gasteiger partial charge on any atom is 0.222 e. The van der Waals surface area contributed by atoms with E-state index in [1.165, 1.54) is 0 Å². The van der Waals surface area contributed by atoms with Crippen LogP contribution in [-0.2, 0) is 4.79 Å². The lowest BCUT2D eigenvalue weighted by Gasteiger charge is -2.32. The first-order valence-electron chi connectivity index (χ1n) is 7.90. The standard InChI is InChI=1S/C17H26N2O2/c1-3-11-18-15(13-19-12-7-6-10-17(19)20)14-8-4-5-9-16(14)21-2/h4-5,8-9,15,18H,3,6-7,10-13H2,1-2H3. The van der Waals surface area contributed by atoms with E-state index in [4.69, 9.17) is 4.74 Å². The fraction of sp³-hybridized carbons (Fsp3) is 0.588. The van der Waals surface area contributed by atoms with Crippen molar-refractivity contribution in [3.63, 3.8) is 0 Å². The molecule has 2 rings (SSSR count).